The van der Waals surface area contributed by atoms with Crippen molar-refractivity contribution in [3.8, 4) is 0 Å². The van der Waals surface area contributed by atoms with E-state index in [0.29, 0.717) is 0 Å². The third-order valence-corrected chi connectivity index (χ3v) is 4.95. The number of rotatable bonds is 2. The maximum Gasteiger partial charge on any atom is 0.310 e. The molecule has 0 heterocycles. The highest BCUT2D eigenvalue weighted by Crippen LogP contribution is 2.39. The molecule has 1 aliphatic carbocycles. The Labute approximate surface area is 132 Å². The first-order valence-electron chi connectivity index (χ1n) is 6.85. The summed E-state index contributed by atoms with van der Waals surface area (Å²) < 4.78 is 0. The molecule has 0 radical (unpaired) electrons. The van der Waals surface area contributed by atoms with E-state index in [9.17, 15) is 4.79 Å². The number of hydrogen-bond donors (Lipinski definition) is 1. The fraction of sp³-hybridized carbons (Fsp3) is 0.167. The predicted octanol–water partition coefficient (Wildman–Crippen LogP) is 4.84. The molecule has 3 rings (SSSR count). The fourth-order valence-electron chi connectivity index (χ4n) is 2.62. The van der Waals surface area contributed by atoms with Crippen LogP contribution in [0.3, 0.4) is 0 Å². The van der Waals surface area contributed by atoms with Gasteiger partial charge < -0.3 is 5.11 Å². The molecule has 2 aromatic carbocycles. The van der Waals surface area contributed by atoms with Gasteiger partial charge in [0.2, 0.25) is 0 Å². The number of aliphatic carboxylic acids is 1. The normalized spacial score (nSPS) is 17.5. The number of carboxylic acid groups (broad SMARTS) is 1. The highest BCUT2D eigenvalue weighted by Gasteiger charge is 2.21. The molecule has 0 amide bonds. The number of fused-ring (bicyclic) bond motifs is 2. The van der Waals surface area contributed by atoms with Gasteiger partial charge in [-0.1, -0.05) is 70.5 Å². The van der Waals surface area contributed by atoms with E-state index in [1.807, 2.05) is 30.3 Å². The third-order valence-electron chi connectivity index (χ3n) is 3.97. The molecule has 2 atom stereocenters. The zero-order valence-corrected chi connectivity index (χ0v) is 13.2. The van der Waals surface area contributed by atoms with Crippen LogP contribution in [0.4, 0.5) is 0 Å². The van der Waals surface area contributed by atoms with Crippen molar-refractivity contribution in [1.82, 2.24) is 0 Å². The van der Waals surface area contributed by atoms with Gasteiger partial charge in [-0.05, 0) is 34.7 Å². The van der Waals surface area contributed by atoms with Gasteiger partial charge in [0.05, 0.1) is 10.7 Å². The molecule has 0 fully saturated rings. The Balaban J connectivity index is 2.11. The van der Waals surface area contributed by atoms with Gasteiger partial charge >= 0.3 is 5.97 Å². The number of hydrogen-bond acceptors (Lipinski definition) is 1. The summed E-state index contributed by atoms with van der Waals surface area (Å²) in [5.74, 6) is -1.30. The smallest absolute Gasteiger partial charge is 0.310 e. The van der Waals surface area contributed by atoms with Crippen LogP contribution in [-0.4, -0.2) is 11.1 Å². The summed E-state index contributed by atoms with van der Waals surface area (Å²) in [7, 11) is 0. The molecule has 0 saturated heterocycles. The van der Waals surface area contributed by atoms with Crippen molar-refractivity contribution >= 4 is 34.1 Å². The van der Waals surface area contributed by atoms with Gasteiger partial charge in [-0.3, -0.25) is 4.79 Å². The molecule has 2 nitrogen and oxygen atoms in total. The summed E-state index contributed by atoms with van der Waals surface area (Å²) in [6.07, 6.45) is 4.15. The van der Waals surface area contributed by atoms with Crippen LogP contribution in [0.15, 0.2) is 42.5 Å². The minimum Gasteiger partial charge on any atom is -0.481 e. The molecule has 21 heavy (non-hydrogen) atoms. The van der Waals surface area contributed by atoms with Crippen molar-refractivity contribution in [1.29, 1.82) is 0 Å². The average Bonchev–Trinajstić information content (AvgIpc) is 2.64. The van der Waals surface area contributed by atoms with Crippen LogP contribution >= 0.6 is 15.9 Å². The molecule has 0 saturated carbocycles. The lowest BCUT2D eigenvalue weighted by Crippen LogP contribution is -2.08. The monoisotopic (exact) mass is 342 g/mol. The molecule has 0 aliphatic heterocycles. The number of carboxylic acids is 1. The summed E-state index contributed by atoms with van der Waals surface area (Å²) in [4.78, 5) is 11.3. The molecule has 1 aliphatic rings. The molecule has 2 unspecified atom stereocenters. The maximum atomic E-state index is 11.2. The standard InChI is InChI=1S/C18H15BrO2/c1-11(18(20)21)13-8-9-16-14(10-13)7-6-12-4-2-3-5-15(12)17(16)19/h2-11,17H,1H3,(H,20,21). The van der Waals surface area contributed by atoms with Crippen molar-refractivity contribution in [3.05, 3.63) is 70.3 Å². The first-order valence-corrected chi connectivity index (χ1v) is 7.77. The second-order valence-electron chi connectivity index (χ2n) is 5.27. The Morgan fingerprint density at radius 3 is 2.52 bits per heavy atom. The first kappa shape index (κ1) is 14.1. The second kappa shape index (κ2) is 5.49. The number of halogens is 1. The molecular weight excluding hydrogens is 328 g/mol. The van der Waals surface area contributed by atoms with Gasteiger partial charge in [0.1, 0.15) is 0 Å². The minimum atomic E-state index is -0.800. The molecule has 2 aromatic rings. The Hall–Kier alpha value is -1.87. The van der Waals surface area contributed by atoms with Gasteiger partial charge in [0.25, 0.3) is 0 Å². The molecular formula is C18H15BrO2. The zero-order valence-electron chi connectivity index (χ0n) is 11.6. The van der Waals surface area contributed by atoms with Crippen LogP contribution in [0.1, 0.15) is 45.5 Å². The number of benzene rings is 2. The molecule has 0 aromatic heterocycles. The largest absolute Gasteiger partial charge is 0.481 e. The lowest BCUT2D eigenvalue weighted by molar-refractivity contribution is -0.138. The van der Waals surface area contributed by atoms with E-state index in [1.54, 1.807) is 6.92 Å². The van der Waals surface area contributed by atoms with Crippen molar-refractivity contribution < 1.29 is 9.90 Å². The van der Waals surface area contributed by atoms with Crippen LogP contribution in [0.25, 0.3) is 12.2 Å². The van der Waals surface area contributed by atoms with Crippen molar-refractivity contribution in [2.24, 2.45) is 0 Å². The Morgan fingerprint density at radius 1 is 1.10 bits per heavy atom. The molecule has 0 spiro atoms. The summed E-state index contributed by atoms with van der Waals surface area (Å²) in [5, 5.41) is 9.16. The average molecular weight is 343 g/mol. The summed E-state index contributed by atoms with van der Waals surface area (Å²) in [6.45, 7) is 1.71. The van der Waals surface area contributed by atoms with Crippen molar-refractivity contribution in [3.63, 3.8) is 0 Å². The van der Waals surface area contributed by atoms with E-state index >= 15 is 0 Å². The van der Waals surface area contributed by atoms with Crippen LogP contribution in [0.2, 0.25) is 0 Å². The minimum absolute atomic E-state index is 0.118. The van der Waals surface area contributed by atoms with Crippen molar-refractivity contribution in [2.75, 3.05) is 0 Å². The molecule has 106 valence electrons. The third kappa shape index (κ3) is 2.54. The van der Waals surface area contributed by atoms with Gasteiger partial charge in [-0.2, -0.15) is 0 Å². The quantitative estimate of drug-likeness (QED) is 0.792. The van der Waals surface area contributed by atoms with E-state index in [2.05, 4.69) is 40.2 Å². The zero-order chi connectivity index (χ0) is 15.0. The van der Waals surface area contributed by atoms with Crippen LogP contribution in [-0.2, 0) is 4.79 Å². The van der Waals surface area contributed by atoms with Gasteiger partial charge in [-0.15, -0.1) is 0 Å². The lowest BCUT2D eigenvalue weighted by Gasteiger charge is -2.15. The van der Waals surface area contributed by atoms with Crippen LogP contribution < -0.4 is 0 Å². The van der Waals surface area contributed by atoms with E-state index in [-0.39, 0.29) is 4.83 Å². The topological polar surface area (TPSA) is 37.3 Å². The summed E-state index contributed by atoms with van der Waals surface area (Å²) in [5.41, 5.74) is 5.47. The van der Waals surface area contributed by atoms with Gasteiger partial charge in [0.15, 0.2) is 0 Å². The van der Waals surface area contributed by atoms with Crippen LogP contribution in [0, 0.1) is 0 Å². The fourth-order valence-corrected chi connectivity index (χ4v) is 3.45. The Bertz CT molecular complexity index is 734. The number of carbonyl (C=O) groups is 1. The highest BCUT2D eigenvalue weighted by atomic mass is 79.9. The molecule has 3 heteroatoms. The van der Waals surface area contributed by atoms with Crippen molar-refractivity contribution in [2.45, 2.75) is 17.7 Å². The lowest BCUT2D eigenvalue weighted by atomic mass is 9.94. The van der Waals surface area contributed by atoms with Gasteiger partial charge in [0, 0.05) is 0 Å². The van der Waals surface area contributed by atoms with E-state index in [4.69, 9.17) is 5.11 Å². The molecule has 0 bridgehead atoms. The Morgan fingerprint density at radius 2 is 1.76 bits per heavy atom. The predicted molar refractivity (Wildman–Crippen MR) is 88.6 cm³/mol. The first-order chi connectivity index (χ1) is 10.1. The maximum absolute atomic E-state index is 11.2. The van der Waals surface area contributed by atoms with E-state index in [0.717, 1.165) is 16.7 Å². The highest BCUT2D eigenvalue weighted by molar-refractivity contribution is 9.09. The second-order valence-corrected chi connectivity index (χ2v) is 6.19. The SMILES string of the molecule is CC(C(=O)O)c1ccc2c(c1)C=Cc1ccccc1C2Br. The van der Waals surface area contributed by atoms with Crippen LogP contribution in [0.5, 0.6) is 0 Å². The van der Waals surface area contributed by atoms with E-state index < -0.39 is 11.9 Å². The number of alkyl halides is 1. The van der Waals surface area contributed by atoms with E-state index in [1.165, 1.54) is 11.1 Å². The summed E-state index contributed by atoms with van der Waals surface area (Å²) in [6, 6.07) is 14.2. The Kier molecular flexibility index (Phi) is 3.68. The summed E-state index contributed by atoms with van der Waals surface area (Å²) >= 11 is 3.77. The van der Waals surface area contributed by atoms with Gasteiger partial charge in [-0.25, -0.2) is 0 Å². The molecule has 1 N–H and O–H groups in total.